The molecule has 2 aromatic rings. The lowest BCUT2D eigenvalue weighted by Crippen LogP contribution is -2.27. The highest BCUT2D eigenvalue weighted by Crippen LogP contribution is 2.13. The fourth-order valence-electron chi connectivity index (χ4n) is 1.74. The SMILES string of the molecule is Cc1ocnc1C(=O)NC(C)c1nc(CC(C)C)no1. The summed E-state index contributed by atoms with van der Waals surface area (Å²) in [5, 5.41) is 6.64. The molecule has 2 heterocycles. The van der Waals surface area contributed by atoms with Gasteiger partial charge in [0, 0.05) is 6.42 Å². The molecule has 0 bridgehead atoms. The Morgan fingerprint density at radius 1 is 1.40 bits per heavy atom. The molecule has 2 aromatic heterocycles. The average molecular weight is 278 g/mol. The molecule has 0 aliphatic rings. The number of amides is 1. The minimum absolute atomic E-state index is 0.263. The zero-order valence-corrected chi connectivity index (χ0v) is 12.0. The van der Waals surface area contributed by atoms with Crippen LogP contribution in [0, 0.1) is 12.8 Å². The second kappa shape index (κ2) is 5.85. The van der Waals surface area contributed by atoms with Gasteiger partial charge in [-0.1, -0.05) is 19.0 Å². The minimum atomic E-state index is -0.382. The summed E-state index contributed by atoms with van der Waals surface area (Å²) in [7, 11) is 0. The monoisotopic (exact) mass is 278 g/mol. The number of carbonyl (C=O) groups is 1. The molecular weight excluding hydrogens is 260 g/mol. The Kier molecular flexibility index (Phi) is 4.16. The molecule has 7 nitrogen and oxygen atoms in total. The molecule has 0 fully saturated rings. The highest BCUT2D eigenvalue weighted by molar-refractivity contribution is 5.93. The Hall–Kier alpha value is -2.18. The van der Waals surface area contributed by atoms with E-state index >= 15 is 0 Å². The molecule has 0 aromatic carbocycles. The fourth-order valence-corrected chi connectivity index (χ4v) is 1.74. The van der Waals surface area contributed by atoms with Gasteiger partial charge in [0.1, 0.15) is 11.8 Å². The minimum Gasteiger partial charge on any atom is -0.448 e. The Morgan fingerprint density at radius 2 is 2.15 bits per heavy atom. The van der Waals surface area contributed by atoms with Gasteiger partial charge in [0.05, 0.1) is 0 Å². The number of nitrogens with zero attached hydrogens (tertiary/aromatic N) is 3. The number of oxazole rings is 1. The van der Waals surface area contributed by atoms with Crippen LogP contribution in [-0.2, 0) is 6.42 Å². The summed E-state index contributed by atoms with van der Waals surface area (Å²) in [6, 6.07) is -0.382. The Balaban J connectivity index is 2.01. The average Bonchev–Trinajstić information content (AvgIpc) is 2.97. The molecule has 0 saturated carbocycles. The van der Waals surface area contributed by atoms with Crippen LogP contribution in [0.1, 0.15) is 54.8 Å². The predicted octanol–water partition coefficient (Wildman–Crippen LogP) is 2.06. The molecule has 7 heteroatoms. The quantitative estimate of drug-likeness (QED) is 0.899. The highest BCUT2D eigenvalue weighted by Gasteiger charge is 2.20. The van der Waals surface area contributed by atoms with E-state index in [2.05, 4.69) is 34.3 Å². The van der Waals surface area contributed by atoms with Gasteiger partial charge >= 0.3 is 0 Å². The molecule has 0 saturated heterocycles. The van der Waals surface area contributed by atoms with Gasteiger partial charge in [-0.25, -0.2) is 4.98 Å². The summed E-state index contributed by atoms with van der Waals surface area (Å²) in [5.41, 5.74) is 0.263. The van der Waals surface area contributed by atoms with E-state index in [0.717, 1.165) is 6.42 Å². The first-order valence-corrected chi connectivity index (χ1v) is 6.50. The molecule has 0 aliphatic carbocycles. The van der Waals surface area contributed by atoms with Crippen molar-refractivity contribution in [3.05, 3.63) is 29.6 Å². The van der Waals surface area contributed by atoms with Crippen molar-refractivity contribution in [3.8, 4) is 0 Å². The highest BCUT2D eigenvalue weighted by atomic mass is 16.5. The standard InChI is InChI=1S/C13H18N4O3/c1-7(2)5-10-16-13(20-17-10)8(3)15-12(18)11-9(4)19-6-14-11/h6-8H,5H2,1-4H3,(H,15,18). The van der Waals surface area contributed by atoms with Gasteiger partial charge in [-0.15, -0.1) is 0 Å². The number of aryl methyl sites for hydroxylation is 1. The number of aromatic nitrogens is 3. The van der Waals surface area contributed by atoms with E-state index in [1.54, 1.807) is 13.8 Å². The van der Waals surface area contributed by atoms with Gasteiger partial charge in [-0.3, -0.25) is 4.79 Å². The largest absolute Gasteiger partial charge is 0.448 e. The Labute approximate surface area is 116 Å². The van der Waals surface area contributed by atoms with E-state index in [9.17, 15) is 4.79 Å². The van der Waals surface area contributed by atoms with Gasteiger partial charge in [0.15, 0.2) is 17.9 Å². The van der Waals surface area contributed by atoms with Crippen molar-refractivity contribution >= 4 is 5.91 Å². The lowest BCUT2D eigenvalue weighted by atomic mass is 10.1. The van der Waals surface area contributed by atoms with Crippen LogP contribution in [0.4, 0.5) is 0 Å². The third-order valence-electron chi connectivity index (χ3n) is 2.75. The normalized spacial score (nSPS) is 12.7. The van der Waals surface area contributed by atoms with Crippen molar-refractivity contribution in [2.24, 2.45) is 5.92 Å². The van der Waals surface area contributed by atoms with E-state index in [1.807, 2.05) is 0 Å². The number of rotatable bonds is 5. The lowest BCUT2D eigenvalue weighted by Gasteiger charge is -2.08. The fraction of sp³-hybridized carbons (Fsp3) is 0.538. The van der Waals surface area contributed by atoms with Crippen LogP contribution in [0.15, 0.2) is 15.3 Å². The van der Waals surface area contributed by atoms with Gasteiger partial charge in [-0.2, -0.15) is 4.98 Å². The number of hydrogen-bond donors (Lipinski definition) is 1. The summed E-state index contributed by atoms with van der Waals surface area (Å²) in [5.74, 6) is 1.63. The molecule has 0 spiro atoms. The second-order valence-electron chi connectivity index (χ2n) is 5.10. The predicted molar refractivity (Wildman–Crippen MR) is 70.0 cm³/mol. The van der Waals surface area contributed by atoms with E-state index in [0.29, 0.717) is 23.4 Å². The molecule has 0 aliphatic heterocycles. The summed E-state index contributed by atoms with van der Waals surface area (Å²) in [4.78, 5) is 20.1. The molecule has 1 atom stereocenters. The second-order valence-corrected chi connectivity index (χ2v) is 5.10. The van der Waals surface area contributed by atoms with Crippen LogP contribution >= 0.6 is 0 Å². The lowest BCUT2D eigenvalue weighted by molar-refractivity contribution is 0.0926. The van der Waals surface area contributed by atoms with Gasteiger partial charge in [0.25, 0.3) is 5.91 Å². The molecule has 1 unspecified atom stereocenters. The number of nitrogens with one attached hydrogen (secondary N) is 1. The smallest absolute Gasteiger partial charge is 0.274 e. The van der Waals surface area contributed by atoms with Crippen LogP contribution < -0.4 is 5.32 Å². The maximum Gasteiger partial charge on any atom is 0.274 e. The Morgan fingerprint density at radius 3 is 2.75 bits per heavy atom. The van der Waals surface area contributed by atoms with Gasteiger partial charge < -0.3 is 14.3 Å². The van der Waals surface area contributed by atoms with E-state index in [-0.39, 0.29) is 17.6 Å². The first kappa shape index (κ1) is 14.2. The molecule has 0 radical (unpaired) electrons. The zero-order valence-electron chi connectivity index (χ0n) is 12.0. The maximum absolute atomic E-state index is 12.0. The molecule has 1 N–H and O–H groups in total. The summed E-state index contributed by atoms with van der Waals surface area (Å²) < 4.78 is 10.2. The van der Waals surface area contributed by atoms with E-state index in [1.165, 1.54) is 6.39 Å². The number of hydrogen-bond acceptors (Lipinski definition) is 6. The third kappa shape index (κ3) is 3.23. The first-order valence-electron chi connectivity index (χ1n) is 6.50. The molecule has 1 amide bonds. The van der Waals surface area contributed by atoms with Crippen LogP contribution in [0.2, 0.25) is 0 Å². The van der Waals surface area contributed by atoms with Crippen molar-refractivity contribution in [1.82, 2.24) is 20.4 Å². The summed E-state index contributed by atoms with van der Waals surface area (Å²) >= 11 is 0. The van der Waals surface area contributed by atoms with Crippen LogP contribution in [-0.4, -0.2) is 21.0 Å². The van der Waals surface area contributed by atoms with Crippen molar-refractivity contribution in [3.63, 3.8) is 0 Å². The molecular formula is C13H18N4O3. The molecule has 20 heavy (non-hydrogen) atoms. The van der Waals surface area contributed by atoms with Gasteiger partial charge in [0.2, 0.25) is 5.89 Å². The molecule has 108 valence electrons. The van der Waals surface area contributed by atoms with Crippen LogP contribution in [0.3, 0.4) is 0 Å². The molecule has 2 rings (SSSR count). The third-order valence-corrected chi connectivity index (χ3v) is 2.75. The van der Waals surface area contributed by atoms with Gasteiger partial charge in [-0.05, 0) is 19.8 Å². The van der Waals surface area contributed by atoms with E-state index in [4.69, 9.17) is 8.94 Å². The summed E-state index contributed by atoms with van der Waals surface area (Å²) in [6.45, 7) is 7.61. The Bertz CT molecular complexity index is 588. The topological polar surface area (TPSA) is 94.1 Å². The maximum atomic E-state index is 12.0. The van der Waals surface area contributed by atoms with Crippen molar-refractivity contribution in [2.75, 3.05) is 0 Å². The zero-order chi connectivity index (χ0) is 14.7. The van der Waals surface area contributed by atoms with Crippen molar-refractivity contribution in [2.45, 2.75) is 40.2 Å². The van der Waals surface area contributed by atoms with Crippen LogP contribution in [0.5, 0.6) is 0 Å². The van der Waals surface area contributed by atoms with Crippen molar-refractivity contribution < 1.29 is 13.7 Å². The number of carbonyl (C=O) groups excluding carboxylic acids is 1. The van der Waals surface area contributed by atoms with Crippen molar-refractivity contribution in [1.29, 1.82) is 0 Å². The summed E-state index contributed by atoms with van der Waals surface area (Å²) in [6.07, 6.45) is 1.98. The van der Waals surface area contributed by atoms with Crippen LogP contribution in [0.25, 0.3) is 0 Å². The first-order chi connectivity index (χ1) is 9.47. The van der Waals surface area contributed by atoms with E-state index < -0.39 is 0 Å².